The molecule has 108 valence electrons. The molecule has 1 aromatic heterocycles. The molecule has 1 amide bonds. The van der Waals surface area contributed by atoms with Crippen molar-refractivity contribution >= 4 is 11.7 Å². The fourth-order valence-corrected chi connectivity index (χ4v) is 2.64. The van der Waals surface area contributed by atoms with E-state index in [1.807, 2.05) is 12.1 Å². The van der Waals surface area contributed by atoms with Crippen molar-refractivity contribution in [3.63, 3.8) is 0 Å². The van der Waals surface area contributed by atoms with Crippen LogP contribution in [0, 0.1) is 11.3 Å². The van der Waals surface area contributed by atoms with Crippen LogP contribution in [0.2, 0.25) is 0 Å². The zero-order chi connectivity index (χ0) is 14.0. The average Bonchev–Trinajstić information content (AvgIpc) is 2.93. The Labute approximate surface area is 118 Å². The van der Waals surface area contributed by atoms with Gasteiger partial charge in [0.2, 0.25) is 5.91 Å². The van der Waals surface area contributed by atoms with Gasteiger partial charge in [0.1, 0.15) is 0 Å². The van der Waals surface area contributed by atoms with Crippen molar-refractivity contribution in [1.82, 2.24) is 15.5 Å². The molecule has 3 rings (SSSR count). The molecule has 6 nitrogen and oxygen atoms in total. The second kappa shape index (κ2) is 5.36. The van der Waals surface area contributed by atoms with E-state index in [1.54, 1.807) is 6.20 Å². The van der Waals surface area contributed by atoms with Crippen LogP contribution in [0.3, 0.4) is 0 Å². The van der Waals surface area contributed by atoms with Crippen molar-refractivity contribution in [1.29, 1.82) is 0 Å². The van der Waals surface area contributed by atoms with Gasteiger partial charge in [-0.15, -0.1) is 5.10 Å². The zero-order valence-corrected chi connectivity index (χ0v) is 11.7. The van der Waals surface area contributed by atoms with E-state index in [1.165, 1.54) is 0 Å². The van der Waals surface area contributed by atoms with E-state index in [0.717, 1.165) is 38.5 Å². The zero-order valence-electron chi connectivity index (χ0n) is 11.7. The van der Waals surface area contributed by atoms with Crippen molar-refractivity contribution < 1.29 is 9.53 Å². The van der Waals surface area contributed by atoms with Gasteiger partial charge in [-0.25, -0.2) is 0 Å². The van der Waals surface area contributed by atoms with Crippen molar-refractivity contribution in [2.45, 2.75) is 13.3 Å². The highest BCUT2D eigenvalue weighted by atomic mass is 16.5. The second-order valence-electron chi connectivity index (χ2n) is 6.03. The molecule has 0 unspecified atom stereocenters. The number of hydrogen-bond donors (Lipinski definition) is 1. The first-order valence-corrected chi connectivity index (χ1v) is 7.04. The third kappa shape index (κ3) is 2.75. The number of carbonyl (C=O) groups is 1. The number of hydrogen-bond acceptors (Lipinski definition) is 5. The lowest BCUT2D eigenvalue weighted by atomic mass is 9.88. The third-order valence-electron chi connectivity index (χ3n) is 4.03. The highest BCUT2D eigenvalue weighted by Gasteiger charge is 2.35. The Bertz CT molecular complexity index is 475. The first-order chi connectivity index (χ1) is 9.66. The molecule has 0 radical (unpaired) electrons. The van der Waals surface area contributed by atoms with E-state index in [9.17, 15) is 4.79 Å². The maximum atomic E-state index is 12.2. The summed E-state index contributed by atoms with van der Waals surface area (Å²) in [6, 6.07) is 3.80. The van der Waals surface area contributed by atoms with Gasteiger partial charge in [-0.3, -0.25) is 4.79 Å². The minimum Gasteiger partial charge on any atom is -0.380 e. The van der Waals surface area contributed by atoms with Crippen molar-refractivity contribution in [3.8, 4) is 0 Å². The van der Waals surface area contributed by atoms with E-state index >= 15 is 0 Å². The Morgan fingerprint density at radius 2 is 2.45 bits per heavy atom. The summed E-state index contributed by atoms with van der Waals surface area (Å²) in [7, 11) is 0. The maximum Gasteiger partial charge on any atom is 0.224 e. The molecule has 1 aromatic rings. The highest BCUT2D eigenvalue weighted by Crippen LogP contribution is 2.26. The average molecular weight is 276 g/mol. The lowest BCUT2D eigenvalue weighted by Crippen LogP contribution is -2.49. The molecular weight excluding hydrogens is 256 g/mol. The molecule has 6 heteroatoms. The minimum atomic E-state index is 0.0431. The molecule has 2 saturated heterocycles. The lowest BCUT2D eigenvalue weighted by molar-refractivity contribution is -0.129. The summed E-state index contributed by atoms with van der Waals surface area (Å²) >= 11 is 0. The van der Waals surface area contributed by atoms with E-state index in [4.69, 9.17) is 4.74 Å². The number of ether oxygens (including phenoxy) is 1. The largest absolute Gasteiger partial charge is 0.380 e. The number of amides is 1. The second-order valence-corrected chi connectivity index (χ2v) is 6.03. The monoisotopic (exact) mass is 276 g/mol. The van der Waals surface area contributed by atoms with Crippen molar-refractivity contribution in [3.05, 3.63) is 18.3 Å². The van der Waals surface area contributed by atoms with Gasteiger partial charge in [-0.2, -0.15) is 5.10 Å². The summed E-state index contributed by atoms with van der Waals surface area (Å²) in [4.78, 5) is 14.3. The fraction of sp³-hybridized carbons (Fsp3) is 0.643. The molecule has 0 spiro atoms. The SMILES string of the molecule is CC1(CNC(=O)[C@@H]2CCN(c3cccnn3)C2)COC1. The molecule has 0 aromatic carbocycles. The van der Waals surface area contributed by atoms with Crippen LogP contribution in [0.15, 0.2) is 18.3 Å². The molecule has 0 bridgehead atoms. The molecular formula is C14H20N4O2. The number of nitrogens with zero attached hydrogens (tertiary/aromatic N) is 3. The molecule has 3 heterocycles. The Morgan fingerprint density at radius 1 is 1.60 bits per heavy atom. The summed E-state index contributed by atoms with van der Waals surface area (Å²) in [5.74, 6) is 1.04. The minimum absolute atomic E-state index is 0.0431. The Balaban J connectivity index is 1.50. The van der Waals surface area contributed by atoms with Gasteiger partial charge in [0.15, 0.2) is 5.82 Å². The molecule has 2 fully saturated rings. The highest BCUT2D eigenvalue weighted by molar-refractivity contribution is 5.80. The summed E-state index contributed by atoms with van der Waals surface area (Å²) in [5, 5.41) is 11.0. The Kier molecular flexibility index (Phi) is 3.56. The standard InChI is InChI=1S/C14H20N4O2/c1-14(9-20-10-14)8-15-13(19)11-4-6-18(7-11)12-3-2-5-16-17-12/h2-3,5,11H,4,6-10H2,1H3,(H,15,19)/t11-/m1/s1. The summed E-state index contributed by atoms with van der Waals surface area (Å²) in [6.07, 6.45) is 2.53. The number of aromatic nitrogens is 2. The summed E-state index contributed by atoms with van der Waals surface area (Å²) < 4.78 is 5.20. The number of carbonyl (C=O) groups excluding carboxylic acids is 1. The molecule has 0 aliphatic carbocycles. The van der Waals surface area contributed by atoms with Crippen LogP contribution < -0.4 is 10.2 Å². The van der Waals surface area contributed by atoms with E-state index < -0.39 is 0 Å². The summed E-state index contributed by atoms with van der Waals surface area (Å²) in [6.45, 7) is 5.90. The van der Waals surface area contributed by atoms with Crippen LogP contribution in [0.1, 0.15) is 13.3 Å². The molecule has 20 heavy (non-hydrogen) atoms. The number of rotatable bonds is 4. The van der Waals surface area contributed by atoms with Gasteiger partial charge < -0.3 is 15.0 Å². The number of anilines is 1. The quantitative estimate of drug-likeness (QED) is 0.865. The van der Waals surface area contributed by atoms with Crippen LogP contribution in [-0.4, -0.2) is 49.0 Å². The van der Waals surface area contributed by atoms with Crippen molar-refractivity contribution in [2.75, 3.05) is 37.7 Å². The molecule has 1 N–H and O–H groups in total. The molecule has 2 aliphatic rings. The van der Waals surface area contributed by atoms with Crippen LogP contribution >= 0.6 is 0 Å². The van der Waals surface area contributed by atoms with Crippen LogP contribution in [0.4, 0.5) is 5.82 Å². The van der Waals surface area contributed by atoms with Gasteiger partial charge in [0.05, 0.1) is 19.1 Å². The van der Waals surface area contributed by atoms with E-state index in [-0.39, 0.29) is 17.2 Å². The topological polar surface area (TPSA) is 67.4 Å². The fourth-order valence-electron chi connectivity index (χ4n) is 2.64. The first-order valence-electron chi connectivity index (χ1n) is 7.04. The molecule has 1 atom stereocenters. The van der Waals surface area contributed by atoms with E-state index in [0.29, 0.717) is 6.54 Å². The van der Waals surface area contributed by atoms with E-state index in [2.05, 4.69) is 27.3 Å². The Morgan fingerprint density at radius 3 is 3.10 bits per heavy atom. The molecule has 0 saturated carbocycles. The van der Waals surface area contributed by atoms with Gasteiger partial charge in [-0.1, -0.05) is 6.92 Å². The molecule has 2 aliphatic heterocycles. The smallest absolute Gasteiger partial charge is 0.224 e. The van der Waals surface area contributed by atoms with Crippen LogP contribution in [0.5, 0.6) is 0 Å². The maximum absolute atomic E-state index is 12.2. The van der Waals surface area contributed by atoms with Crippen LogP contribution in [-0.2, 0) is 9.53 Å². The van der Waals surface area contributed by atoms with Crippen LogP contribution in [0.25, 0.3) is 0 Å². The van der Waals surface area contributed by atoms with Gasteiger partial charge >= 0.3 is 0 Å². The first kappa shape index (κ1) is 13.3. The van der Waals surface area contributed by atoms with Gasteiger partial charge in [-0.05, 0) is 18.6 Å². The summed E-state index contributed by atoms with van der Waals surface area (Å²) in [5.41, 5.74) is 0.124. The van der Waals surface area contributed by atoms with Gasteiger partial charge in [0.25, 0.3) is 0 Å². The lowest BCUT2D eigenvalue weighted by Gasteiger charge is -2.38. The number of nitrogens with one attached hydrogen (secondary N) is 1. The van der Waals surface area contributed by atoms with Gasteiger partial charge in [0, 0.05) is 31.2 Å². The predicted molar refractivity (Wildman–Crippen MR) is 74.3 cm³/mol. The Hall–Kier alpha value is -1.69. The predicted octanol–water partition coefficient (Wildman–Crippen LogP) is 0.456. The van der Waals surface area contributed by atoms with Crippen molar-refractivity contribution in [2.24, 2.45) is 11.3 Å². The third-order valence-corrected chi connectivity index (χ3v) is 4.03. The normalized spacial score (nSPS) is 24.2.